The van der Waals surface area contributed by atoms with Crippen molar-refractivity contribution in [1.82, 2.24) is 0 Å². The van der Waals surface area contributed by atoms with Crippen LogP contribution >= 0.6 is 15.9 Å². The highest BCUT2D eigenvalue weighted by atomic mass is 79.9. The third kappa shape index (κ3) is 7.61. The summed E-state index contributed by atoms with van der Waals surface area (Å²) in [5.74, 6) is 0. The fraction of sp³-hybridized carbons (Fsp3) is 0.647. The van der Waals surface area contributed by atoms with E-state index in [-0.39, 0.29) is 0 Å². The maximum absolute atomic E-state index is 3.47. The second kappa shape index (κ2) is 10.3. The normalized spacial score (nSPS) is 10.7. The van der Waals surface area contributed by atoms with Crippen molar-refractivity contribution in [2.75, 3.05) is 18.5 Å². The van der Waals surface area contributed by atoms with Crippen molar-refractivity contribution in [1.29, 1.82) is 0 Å². The Hall–Kier alpha value is -0.500. The fourth-order valence-corrected chi connectivity index (χ4v) is 2.57. The average molecular weight is 326 g/mol. The predicted molar refractivity (Wildman–Crippen MR) is 90.0 cm³/mol. The minimum atomic E-state index is 1.15. The quantitative estimate of drug-likeness (QED) is 0.475. The van der Waals surface area contributed by atoms with Crippen molar-refractivity contribution >= 4 is 21.6 Å². The van der Waals surface area contributed by atoms with Crippen LogP contribution < -0.4 is 4.90 Å². The number of nitrogens with zero attached hydrogens (tertiary/aromatic N) is 1. The van der Waals surface area contributed by atoms with Gasteiger partial charge >= 0.3 is 0 Å². The smallest absolute Gasteiger partial charge is 0.0364 e. The average Bonchev–Trinajstić information content (AvgIpc) is 2.42. The summed E-state index contributed by atoms with van der Waals surface area (Å²) in [6.45, 7) is 3.44. The lowest BCUT2D eigenvalue weighted by atomic mass is 10.1. The molecule has 0 aliphatic heterocycles. The summed E-state index contributed by atoms with van der Waals surface area (Å²) in [4.78, 5) is 2.35. The van der Waals surface area contributed by atoms with Crippen LogP contribution in [0.3, 0.4) is 0 Å². The van der Waals surface area contributed by atoms with Gasteiger partial charge in [-0.25, -0.2) is 0 Å². The number of hydrogen-bond donors (Lipinski definition) is 0. The number of rotatable bonds is 10. The Morgan fingerprint density at radius 3 is 1.95 bits per heavy atom. The maximum Gasteiger partial charge on any atom is 0.0364 e. The molecule has 1 aromatic carbocycles. The van der Waals surface area contributed by atoms with Gasteiger partial charge in [-0.2, -0.15) is 0 Å². The molecule has 0 radical (unpaired) electrons. The van der Waals surface area contributed by atoms with E-state index in [1.807, 2.05) is 0 Å². The van der Waals surface area contributed by atoms with Gasteiger partial charge in [0, 0.05) is 23.8 Å². The molecule has 0 fully saturated rings. The van der Waals surface area contributed by atoms with Crippen LogP contribution in [0, 0.1) is 0 Å². The van der Waals surface area contributed by atoms with Crippen molar-refractivity contribution in [3.05, 3.63) is 28.7 Å². The minimum absolute atomic E-state index is 1.15. The Morgan fingerprint density at radius 2 is 1.37 bits per heavy atom. The van der Waals surface area contributed by atoms with Crippen molar-refractivity contribution < 1.29 is 0 Å². The summed E-state index contributed by atoms with van der Waals surface area (Å²) in [6, 6.07) is 8.57. The van der Waals surface area contributed by atoms with Gasteiger partial charge in [-0.05, 0) is 30.7 Å². The third-order valence-corrected chi connectivity index (χ3v) is 4.14. The standard InChI is InChI=1S/C17H28BrN/c1-3-4-5-6-7-8-9-10-15-19(2)17-13-11-16(18)12-14-17/h11-14H,3-10,15H2,1-2H3. The van der Waals surface area contributed by atoms with Crippen LogP contribution in [0.15, 0.2) is 28.7 Å². The highest BCUT2D eigenvalue weighted by Gasteiger charge is 2.00. The molecule has 1 nitrogen and oxygen atoms in total. The van der Waals surface area contributed by atoms with Gasteiger partial charge in [-0.15, -0.1) is 0 Å². The van der Waals surface area contributed by atoms with Crippen LogP contribution in [0.5, 0.6) is 0 Å². The van der Waals surface area contributed by atoms with Gasteiger partial charge < -0.3 is 4.90 Å². The van der Waals surface area contributed by atoms with Crippen LogP contribution in [0.2, 0.25) is 0 Å². The van der Waals surface area contributed by atoms with Gasteiger partial charge in [0.1, 0.15) is 0 Å². The van der Waals surface area contributed by atoms with E-state index in [1.165, 1.54) is 57.1 Å². The Bertz CT molecular complexity index is 321. The zero-order valence-electron chi connectivity index (χ0n) is 12.5. The van der Waals surface area contributed by atoms with E-state index in [1.54, 1.807) is 0 Å². The van der Waals surface area contributed by atoms with Crippen LogP contribution in [-0.2, 0) is 0 Å². The molecule has 0 aliphatic carbocycles. The molecule has 2 heteroatoms. The SMILES string of the molecule is CCCCCCCCCCN(C)c1ccc(Br)cc1. The lowest BCUT2D eigenvalue weighted by Gasteiger charge is -2.19. The van der Waals surface area contributed by atoms with E-state index in [2.05, 4.69) is 59.1 Å². The molecule has 108 valence electrons. The van der Waals surface area contributed by atoms with Gasteiger partial charge in [0.25, 0.3) is 0 Å². The van der Waals surface area contributed by atoms with Crippen molar-refractivity contribution in [2.24, 2.45) is 0 Å². The summed E-state index contributed by atoms with van der Waals surface area (Å²) in [5, 5.41) is 0. The fourth-order valence-electron chi connectivity index (χ4n) is 2.31. The molecule has 0 unspecified atom stereocenters. The number of anilines is 1. The van der Waals surface area contributed by atoms with E-state index >= 15 is 0 Å². The highest BCUT2D eigenvalue weighted by Crippen LogP contribution is 2.18. The first-order valence-corrected chi connectivity index (χ1v) is 8.50. The summed E-state index contributed by atoms with van der Waals surface area (Å²) in [7, 11) is 2.19. The molecule has 0 saturated heterocycles. The van der Waals surface area contributed by atoms with E-state index in [0.717, 1.165) is 11.0 Å². The largest absolute Gasteiger partial charge is 0.375 e. The summed E-state index contributed by atoms with van der Waals surface area (Å²) in [6.07, 6.45) is 11.1. The molecule has 0 N–H and O–H groups in total. The van der Waals surface area contributed by atoms with Crippen LogP contribution in [0.25, 0.3) is 0 Å². The molecule has 0 bridgehead atoms. The van der Waals surface area contributed by atoms with Crippen molar-refractivity contribution in [3.8, 4) is 0 Å². The number of benzene rings is 1. The lowest BCUT2D eigenvalue weighted by molar-refractivity contribution is 0.575. The van der Waals surface area contributed by atoms with Crippen LogP contribution in [-0.4, -0.2) is 13.6 Å². The summed E-state index contributed by atoms with van der Waals surface area (Å²) in [5.41, 5.74) is 1.31. The zero-order chi connectivity index (χ0) is 13.9. The molecule has 0 aromatic heterocycles. The molecular formula is C17H28BrN. The van der Waals surface area contributed by atoms with E-state index < -0.39 is 0 Å². The lowest BCUT2D eigenvalue weighted by Crippen LogP contribution is -2.18. The van der Waals surface area contributed by atoms with Gasteiger partial charge in [0.15, 0.2) is 0 Å². The van der Waals surface area contributed by atoms with Crippen molar-refractivity contribution in [3.63, 3.8) is 0 Å². The summed E-state index contributed by atoms with van der Waals surface area (Å²) >= 11 is 3.47. The molecule has 0 aliphatic rings. The monoisotopic (exact) mass is 325 g/mol. The Balaban J connectivity index is 2.04. The first-order chi connectivity index (χ1) is 9.24. The number of halogens is 1. The Labute approximate surface area is 127 Å². The molecule has 1 rings (SSSR count). The topological polar surface area (TPSA) is 3.24 Å². The zero-order valence-corrected chi connectivity index (χ0v) is 14.1. The Morgan fingerprint density at radius 1 is 0.842 bits per heavy atom. The Kier molecular flexibility index (Phi) is 8.98. The van der Waals surface area contributed by atoms with Gasteiger partial charge in [-0.3, -0.25) is 0 Å². The maximum atomic E-state index is 3.47. The molecule has 0 amide bonds. The molecule has 0 saturated carbocycles. The first-order valence-electron chi connectivity index (χ1n) is 7.70. The van der Waals surface area contributed by atoms with Gasteiger partial charge in [-0.1, -0.05) is 67.8 Å². The molecule has 0 atom stereocenters. The third-order valence-electron chi connectivity index (χ3n) is 3.61. The van der Waals surface area contributed by atoms with Crippen molar-refractivity contribution in [2.45, 2.75) is 58.3 Å². The molecule has 19 heavy (non-hydrogen) atoms. The summed E-state index contributed by atoms with van der Waals surface area (Å²) < 4.78 is 1.15. The molecule has 1 aromatic rings. The van der Waals surface area contributed by atoms with E-state index in [4.69, 9.17) is 0 Å². The molecule has 0 heterocycles. The highest BCUT2D eigenvalue weighted by molar-refractivity contribution is 9.10. The van der Waals surface area contributed by atoms with Crippen LogP contribution in [0.4, 0.5) is 5.69 Å². The van der Waals surface area contributed by atoms with Crippen LogP contribution in [0.1, 0.15) is 58.3 Å². The van der Waals surface area contributed by atoms with E-state index in [9.17, 15) is 0 Å². The van der Waals surface area contributed by atoms with Gasteiger partial charge in [0.2, 0.25) is 0 Å². The minimum Gasteiger partial charge on any atom is -0.375 e. The van der Waals surface area contributed by atoms with E-state index in [0.29, 0.717) is 0 Å². The first kappa shape index (κ1) is 16.6. The number of hydrogen-bond acceptors (Lipinski definition) is 1. The number of unbranched alkanes of at least 4 members (excludes halogenated alkanes) is 7. The second-order valence-electron chi connectivity index (χ2n) is 5.37. The molecule has 0 spiro atoms. The van der Waals surface area contributed by atoms with Gasteiger partial charge in [0.05, 0.1) is 0 Å². The predicted octanol–water partition coefficient (Wildman–Crippen LogP) is 6.03. The second-order valence-corrected chi connectivity index (χ2v) is 6.29. The molecular weight excluding hydrogens is 298 g/mol.